The van der Waals surface area contributed by atoms with Gasteiger partial charge in [0, 0.05) is 28.5 Å². The zero-order chi connectivity index (χ0) is 13.0. The highest BCUT2D eigenvalue weighted by Gasteiger charge is 2.01. The first-order chi connectivity index (χ1) is 8.65. The van der Waals surface area contributed by atoms with Crippen molar-refractivity contribution in [1.82, 2.24) is 4.98 Å². The number of nitrogens with zero attached hydrogens (tertiary/aromatic N) is 1. The Kier molecular flexibility index (Phi) is 4.70. The molecule has 94 valence electrons. The van der Waals surface area contributed by atoms with Crippen molar-refractivity contribution in [2.45, 2.75) is 6.42 Å². The Balaban J connectivity index is 1.92. The number of benzene rings is 1. The van der Waals surface area contributed by atoms with Crippen molar-refractivity contribution in [3.8, 4) is 0 Å². The average Bonchev–Trinajstić information content (AvgIpc) is 2.32. The van der Waals surface area contributed by atoms with E-state index in [9.17, 15) is 0 Å². The largest absolute Gasteiger partial charge is 0.385 e. The van der Waals surface area contributed by atoms with Crippen molar-refractivity contribution >= 4 is 40.5 Å². The van der Waals surface area contributed by atoms with Crippen molar-refractivity contribution in [2.24, 2.45) is 0 Å². The highest BCUT2D eigenvalue weighted by atomic mass is 35.5. The molecule has 2 nitrogen and oxygen atoms in total. The summed E-state index contributed by atoms with van der Waals surface area (Å²) in [6.07, 6.45) is 2.48. The molecule has 0 unspecified atom stereocenters. The van der Waals surface area contributed by atoms with Crippen LogP contribution < -0.4 is 5.32 Å². The topological polar surface area (TPSA) is 24.9 Å². The fourth-order valence-electron chi connectivity index (χ4n) is 1.58. The fraction of sp³-hybridized carbons (Fsp3) is 0.154. The van der Waals surface area contributed by atoms with E-state index in [1.165, 1.54) is 0 Å². The summed E-state index contributed by atoms with van der Waals surface area (Å²) in [5, 5.41) is 5.08. The van der Waals surface area contributed by atoms with Crippen LogP contribution in [0, 0.1) is 0 Å². The van der Waals surface area contributed by atoms with Crippen molar-refractivity contribution in [1.29, 1.82) is 0 Å². The van der Waals surface area contributed by atoms with E-state index >= 15 is 0 Å². The molecule has 1 aromatic carbocycles. The fourth-order valence-corrected chi connectivity index (χ4v) is 2.26. The predicted octanol–water partition coefficient (Wildman–Crippen LogP) is 4.70. The Hall–Kier alpha value is -0.960. The molecule has 2 aromatic rings. The minimum Gasteiger partial charge on any atom is -0.385 e. The quantitative estimate of drug-likeness (QED) is 0.828. The number of halogens is 3. The first kappa shape index (κ1) is 13.5. The van der Waals surface area contributed by atoms with E-state index in [-0.39, 0.29) is 0 Å². The van der Waals surface area contributed by atoms with E-state index < -0.39 is 0 Å². The molecular formula is C13H11Cl3N2. The van der Waals surface area contributed by atoms with E-state index in [4.69, 9.17) is 34.8 Å². The minimum absolute atomic E-state index is 0.476. The van der Waals surface area contributed by atoms with Crippen molar-refractivity contribution in [3.63, 3.8) is 0 Å². The molecule has 0 aliphatic heterocycles. The lowest BCUT2D eigenvalue weighted by molar-refractivity contribution is 1.02. The molecule has 0 amide bonds. The third-order valence-corrected chi connectivity index (χ3v) is 3.26. The number of hydrogen-bond acceptors (Lipinski definition) is 2. The van der Waals surface area contributed by atoms with E-state index in [1.54, 1.807) is 18.3 Å². The smallest absolute Gasteiger partial charge is 0.131 e. The number of anilines is 1. The van der Waals surface area contributed by atoms with Gasteiger partial charge in [-0.1, -0.05) is 40.9 Å². The Bertz CT molecular complexity index is 544. The Morgan fingerprint density at radius 3 is 2.61 bits per heavy atom. The summed E-state index contributed by atoms with van der Waals surface area (Å²) < 4.78 is 0. The maximum absolute atomic E-state index is 6.09. The monoisotopic (exact) mass is 300 g/mol. The molecule has 18 heavy (non-hydrogen) atoms. The number of nitrogens with one attached hydrogen (secondary N) is 1. The summed E-state index contributed by atoms with van der Waals surface area (Å²) >= 11 is 17.7. The highest BCUT2D eigenvalue weighted by Crippen LogP contribution is 2.21. The minimum atomic E-state index is 0.476. The van der Waals surface area contributed by atoms with Crippen LogP contribution >= 0.6 is 34.8 Å². The maximum Gasteiger partial charge on any atom is 0.131 e. The molecule has 5 heteroatoms. The summed E-state index contributed by atoms with van der Waals surface area (Å²) in [6.45, 7) is 0.766. The third kappa shape index (κ3) is 3.77. The van der Waals surface area contributed by atoms with Gasteiger partial charge in [-0.15, -0.1) is 0 Å². The highest BCUT2D eigenvalue weighted by molar-refractivity contribution is 6.35. The summed E-state index contributed by atoms with van der Waals surface area (Å²) in [5.41, 5.74) is 2.01. The van der Waals surface area contributed by atoms with Crippen molar-refractivity contribution in [2.75, 3.05) is 11.9 Å². The molecule has 0 fully saturated rings. The normalized spacial score (nSPS) is 10.4. The zero-order valence-corrected chi connectivity index (χ0v) is 11.7. The van der Waals surface area contributed by atoms with Crippen LogP contribution in [0.4, 0.5) is 5.69 Å². The third-order valence-electron chi connectivity index (χ3n) is 2.47. The van der Waals surface area contributed by atoms with Crippen LogP contribution in [0.2, 0.25) is 15.2 Å². The molecule has 1 heterocycles. The molecule has 0 saturated carbocycles. The first-order valence-corrected chi connectivity index (χ1v) is 6.58. The van der Waals surface area contributed by atoms with E-state index in [0.29, 0.717) is 15.2 Å². The molecule has 0 saturated heterocycles. The molecule has 0 aliphatic rings. The molecule has 0 bridgehead atoms. The van der Waals surface area contributed by atoms with Gasteiger partial charge < -0.3 is 5.32 Å². The first-order valence-electron chi connectivity index (χ1n) is 5.44. The predicted molar refractivity (Wildman–Crippen MR) is 77.9 cm³/mol. The lowest BCUT2D eigenvalue weighted by atomic mass is 10.1. The summed E-state index contributed by atoms with van der Waals surface area (Å²) in [4.78, 5) is 3.92. The molecular weight excluding hydrogens is 291 g/mol. The molecule has 1 N–H and O–H groups in total. The number of aromatic nitrogens is 1. The Morgan fingerprint density at radius 1 is 1.06 bits per heavy atom. The maximum atomic E-state index is 6.09. The molecule has 0 atom stereocenters. The van der Waals surface area contributed by atoms with Gasteiger partial charge in [0.05, 0.1) is 0 Å². The molecule has 0 radical (unpaired) electrons. The average molecular weight is 302 g/mol. The van der Waals surface area contributed by atoms with Crippen molar-refractivity contribution in [3.05, 3.63) is 57.3 Å². The summed E-state index contributed by atoms with van der Waals surface area (Å²) in [7, 11) is 0. The van der Waals surface area contributed by atoms with Gasteiger partial charge in [0.2, 0.25) is 0 Å². The van der Waals surface area contributed by atoms with Crippen LogP contribution in [0.1, 0.15) is 5.56 Å². The Morgan fingerprint density at radius 2 is 1.89 bits per heavy atom. The van der Waals surface area contributed by atoms with Gasteiger partial charge >= 0.3 is 0 Å². The van der Waals surface area contributed by atoms with Crippen molar-refractivity contribution < 1.29 is 0 Å². The lowest BCUT2D eigenvalue weighted by Crippen LogP contribution is -2.05. The van der Waals surface area contributed by atoms with E-state index in [1.807, 2.05) is 18.2 Å². The number of pyridine rings is 1. The van der Waals surface area contributed by atoms with Crippen LogP contribution in [0.15, 0.2) is 36.5 Å². The van der Waals surface area contributed by atoms with Crippen LogP contribution in [0.3, 0.4) is 0 Å². The van der Waals surface area contributed by atoms with Gasteiger partial charge in [0.1, 0.15) is 5.15 Å². The second-order valence-corrected chi connectivity index (χ2v) is 5.01. The summed E-state index contributed by atoms with van der Waals surface area (Å²) in [6, 6.07) is 9.18. The molecule has 0 aliphatic carbocycles. The van der Waals surface area contributed by atoms with Gasteiger partial charge in [-0.3, -0.25) is 0 Å². The van der Waals surface area contributed by atoms with Gasteiger partial charge in [-0.05, 0) is 36.2 Å². The molecule has 0 spiro atoms. The standard InChI is InChI=1S/C13H11Cl3N2/c14-10-2-1-9(12(15)7-10)3-5-17-11-4-6-18-13(16)8-11/h1-2,4,6-8H,3,5H2,(H,17,18). The van der Waals surface area contributed by atoms with Gasteiger partial charge in [0.15, 0.2) is 0 Å². The lowest BCUT2D eigenvalue weighted by Gasteiger charge is -2.08. The van der Waals surface area contributed by atoms with Crippen LogP contribution in [0.25, 0.3) is 0 Å². The SMILES string of the molecule is Clc1ccc(CCNc2ccnc(Cl)c2)c(Cl)c1. The van der Waals surface area contributed by atoms with Gasteiger partial charge in [-0.25, -0.2) is 4.98 Å². The second-order valence-electron chi connectivity index (χ2n) is 3.78. The van der Waals surface area contributed by atoms with Gasteiger partial charge in [0.25, 0.3) is 0 Å². The molecule has 2 rings (SSSR count). The second kappa shape index (κ2) is 6.28. The Labute approximate surface area is 121 Å². The molecule has 1 aromatic heterocycles. The zero-order valence-electron chi connectivity index (χ0n) is 9.46. The van der Waals surface area contributed by atoms with E-state index in [2.05, 4.69) is 10.3 Å². The van der Waals surface area contributed by atoms with Crippen LogP contribution in [-0.4, -0.2) is 11.5 Å². The summed E-state index contributed by atoms with van der Waals surface area (Å²) in [5.74, 6) is 0. The van der Waals surface area contributed by atoms with Gasteiger partial charge in [-0.2, -0.15) is 0 Å². The van der Waals surface area contributed by atoms with Crippen LogP contribution in [0.5, 0.6) is 0 Å². The van der Waals surface area contributed by atoms with E-state index in [0.717, 1.165) is 24.2 Å². The number of rotatable bonds is 4. The number of hydrogen-bond donors (Lipinski definition) is 1. The van der Waals surface area contributed by atoms with Crippen LogP contribution in [-0.2, 0) is 6.42 Å².